The number of nitrogens with one attached hydrogen (secondary N) is 1. The van der Waals surface area contributed by atoms with Crippen LogP contribution in [-0.2, 0) is 16.2 Å². The summed E-state index contributed by atoms with van der Waals surface area (Å²) in [5.74, 6) is -0.343. The summed E-state index contributed by atoms with van der Waals surface area (Å²) in [4.78, 5) is 27.2. The van der Waals surface area contributed by atoms with Crippen LogP contribution in [0.5, 0.6) is 11.5 Å². The smallest absolute Gasteiger partial charge is 0.270 e. The van der Waals surface area contributed by atoms with Gasteiger partial charge in [-0.3, -0.25) is 19.8 Å². The average molecular weight is 718 g/mol. The molecule has 1 N–H and O–H groups in total. The molecule has 36 heavy (non-hydrogen) atoms. The lowest BCUT2D eigenvalue weighted by molar-refractivity contribution is -0.122. The van der Waals surface area contributed by atoms with Crippen LogP contribution in [0.15, 0.2) is 64.6 Å². The molecule has 1 aliphatic rings. The molecule has 0 bridgehead atoms. The number of amides is 2. The van der Waals surface area contributed by atoms with E-state index in [1.54, 1.807) is 30.3 Å². The largest absolute Gasteiger partial charge is 0.493 e. The fourth-order valence-corrected chi connectivity index (χ4v) is 4.82. The quantitative estimate of drug-likeness (QED) is 0.132. The van der Waals surface area contributed by atoms with Gasteiger partial charge < -0.3 is 9.47 Å². The number of anilines is 1. The number of rotatable bonds is 6. The van der Waals surface area contributed by atoms with Gasteiger partial charge in [-0.15, -0.1) is 0 Å². The van der Waals surface area contributed by atoms with Crippen LogP contribution < -0.4 is 19.7 Å². The summed E-state index contributed by atoms with van der Waals surface area (Å²) >= 11 is 23.4. The van der Waals surface area contributed by atoms with Crippen LogP contribution in [0.2, 0.25) is 10.0 Å². The van der Waals surface area contributed by atoms with Crippen LogP contribution in [0.4, 0.5) is 5.69 Å². The van der Waals surface area contributed by atoms with E-state index in [0.29, 0.717) is 28.1 Å². The number of nitrogens with zero attached hydrogens (tertiary/aromatic N) is 1. The van der Waals surface area contributed by atoms with Crippen LogP contribution in [0.25, 0.3) is 6.08 Å². The third-order valence-electron chi connectivity index (χ3n) is 5.16. The Balaban J connectivity index is 1.66. The van der Waals surface area contributed by atoms with Gasteiger partial charge in [-0.2, -0.15) is 0 Å². The van der Waals surface area contributed by atoms with Gasteiger partial charge in [0, 0.05) is 8.04 Å². The van der Waals surface area contributed by atoms with Gasteiger partial charge >= 0.3 is 0 Å². The second kappa shape index (κ2) is 11.5. The molecular weight excluding hydrogens is 702 g/mol. The first-order chi connectivity index (χ1) is 17.2. The second-order valence-electron chi connectivity index (χ2n) is 7.47. The average Bonchev–Trinajstić information content (AvgIpc) is 2.84. The molecule has 4 rings (SSSR count). The fourth-order valence-electron chi connectivity index (χ4n) is 3.37. The van der Waals surface area contributed by atoms with E-state index in [1.807, 2.05) is 24.3 Å². The standard InChI is InChI=1S/C25H16BrCl2IN2O4S/c1-34-20-10-14(17(26)11-21(20)35-12-13-5-7-15(29)8-6-13)9-16-23(32)30-25(36)31(24(16)33)19-4-2-3-18(27)22(19)28/h2-11H,12H2,1H3,(H,30,32,36)/b16-9+. The molecule has 0 atom stereocenters. The fraction of sp³-hybridized carbons (Fsp3) is 0.0800. The maximum atomic E-state index is 13.4. The minimum absolute atomic E-state index is 0.0951. The number of benzene rings is 3. The van der Waals surface area contributed by atoms with Crippen LogP contribution in [0, 0.1) is 3.57 Å². The number of carbonyl (C=O) groups is 2. The van der Waals surface area contributed by atoms with E-state index in [1.165, 1.54) is 13.2 Å². The number of hydrogen-bond acceptors (Lipinski definition) is 5. The number of halogens is 4. The van der Waals surface area contributed by atoms with Crippen molar-refractivity contribution in [1.29, 1.82) is 0 Å². The van der Waals surface area contributed by atoms with Crippen molar-refractivity contribution in [3.8, 4) is 11.5 Å². The van der Waals surface area contributed by atoms with Gasteiger partial charge in [0.25, 0.3) is 11.8 Å². The van der Waals surface area contributed by atoms with E-state index in [0.717, 1.165) is 14.0 Å². The summed E-state index contributed by atoms with van der Waals surface area (Å²) < 4.78 is 13.2. The molecule has 1 fully saturated rings. The minimum Gasteiger partial charge on any atom is -0.493 e. The highest BCUT2D eigenvalue weighted by Gasteiger charge is 2.36. The molecule has 11 heteroatoms. The summed E-state index contributed by atoms with van der Waals surface area (Å²) in [6, 6.07) is 16.2. The highest BCUT2D eigenvalue weighted by atomic mass is 127. The summed E-state index contributed by atoms with van der Waals surface area (Å²) in [7, 11) is 1.51. The third kappa shape index (κ3) is 5.70. The van der Waals surface area contributed by atoms with Gasteiger partial charge in [-0.25, -0.2) is 0 Å². The van der Waals surface area contributed by atoms with Gasteiger partial charge in [0.2, 0.25) is 0 Å². The monoisotopic (exact) mass is 716 g/mol. The first-order valence-electron chi connectivity index (χ1n) is 10.3. The predicted molar refractivity (Wildman–Crippen MR) is 157 cm³/mol. The van der Waals surface area contributed by atoms with Crippen molar-refractivity contribution >= 4 is 103 Å². The lowest BCUT2D eigenvalue weighted by atomic mass is 10.1. The molecule has 0 saturated carbocycles. The summed E-state index contributed by atoms with van der Waals surface area (Å²) in [6.07, 6.45) is 1.44. The minimum atomic E-state index is -0.641. The van der Waals surface area contributed by atoms with E-state index in [4.69, 9.17) is 44.9 Å². The van der Waals surface area contributed by atoms with Crippen LogP contribution >= 0.6 is 73.9 Å². The van der Waals surface area contributed by atoms with E-state index in [-0.39, 0.29) is 26.4 Å². The molecule has 1 saturated heterocycles. The number of thiocarbonyl (C=S) groups is 1. The van der Waals surface area contributed by atoms with Crippen LogP contribution in [0.1, 0.15) is 11.1 Å². The highest BCUT2D eigenvalue weighted by molar-refractivity contribution is 14.1. The molecule has 184 valence electrons. The first kappa shape index (κ1) is 26.9. The van der Waals surface area contributed by atoms with Gasteiger partial charge in [-0.1, -0.05) is 57.3 Å². The lowest BCUT2D eigenvalue weighted by Gasteiger charge is -2.29. The molecule has 0 aliphatic carbocycles. The molecule has 3 aromatic carbocycles. The van der Waals surface area contributed by atoms with E-state index >= 15 is 0 Å². The van der Waals surface area contributed by atoms with E-state index in [9.17, 15) is 9.59 Å². The Morgan fingerprint density at radius 1 is 1.11 bits per heavy atom. The van der Waals surface area contributed by atoms with Gasteiger partial charge in [0.15, 0.2) is 16.6 Å². The van der Waals surface area contributed by atoms with E-state index in [2.05, 4.69) is 43.8 Å². The molecule has 0 spiro atoms. The Bertz CT molecular complexity index is 1420. The molecule has 1 aliphatic heterocycles. The van der Waals surface area contributed by atoms with Gasteiger partial charge in [0.1, 0.15) is 12.2 Å². The number of carbonyl (C=O) groups excluding carboxylic acids is 2. The summed E-state index contributed by atoms with van der Waals surface area (Å²) in [6.45, 7) is 0.341. The Labute approximate surface area is 244 Å². The molecule has 3 aromatic rings. The Hall–Kier alpha value is -2.18. The first-order valence-corrected chi connectivity index (χ1v) is 13.3. The SMILES string of the molecule is COc1cc(/C=C2\C(=O)NC(=S)N(c3cccc(Cl)c3Cl)C2=O)c(Br)cc1OCc1ccc(I)cc1. The van der Waals surface area contributed by atoms with E-state index < -0.39 is 11.8 Å². The number of ether oxygens (including phenoxy) is 2. The van der Waals surface area contributed by atoms with Gasteiger partial charge in [0.05, 0.1) is 22.8 Å². The zero-order valence-corrected chi connectivity index (χ0v) is 24.6. The molecular formula is C25H16BrCl2IN2O4S. The Morgan fingerprint density at radius 3 is 2.53 bits per heavy atom. The predicted octanol–water partition coefficient (Wildman–Crippen LogP) is 6.78. The molecule has 2 amide bonds. The molecule has 0 radical (unpaired) electrons. The molecule has 1 heterocycles. The van der Waals surface area contributed by atoms with Crippen molar-refractivity contribution < 1.29 is 19.1 Å². The number of hydrogen-bond donors (Lipinski definition) is 1. The number of methoxy groups -OCH3 is 1. The zero-order chi connectivity index (χ0) is 26.0. The van der Waals surface area contributed by atoms with Crippen molar-refractivity contribution in [3.05, 3.63) is 89.4 Å². The Morgan fingerprint density at radius 2 is 1.83 bits per heavy atom. The topological polar surface area (TPSA) is 67.9 Å². The third-order valence-corrected chi connectivity index (χ3v) is 7.66. The summed E-state index contributed by atoms with van der Waals surface area (Å²) in [5.41, 5.74) is 1.65. The normalized spacial score (nSPS) is 14.8. The maximum Gasteiger partial charge on any atom is 0.270 e. The van der Waals surface area contributed by atoms with Crippen molar-refractivity contribution in [3.63, 3.8) is 0 Å². The maximum absolute atomic E-state index is 13.4. The molecule has 6 nitrogen and oxygen atoms in total. The lowest BCUT2D eigenvalue weighted by Crippen LogP contribution is -2.54. The second-order valence-corrected chi connectivity index (χ2v) is 10.7. The van der Waals surface area contributed by atoms with Crippen molar-refractivity contribution in [1.82, 2.24) is 5.32 Å². The van der Waals surface area contributed by atoms with Crippen LogP contribution in [0.3, 0.4) is 0 Å². The van der Waals surface area contributed by atoms with Crippen molar-refractivity contribution in [2.75, 3.05) is 12.0 Å². The zero-order valence-electron chi connectivity index (χ0n) is 18.5. The highest BCUT2D eigenvalue weighted by Crippen LogP contribution is 2.37. The van der Waals surface area contributed by atoms with Crippen molar-refractivity contribution in [2.45, 2.75) is 6.61 Å². The van der Waals surface area contributed by atoms with Crippen LogP contribution in [-0.4, -0.2) is 24.0 Å². The van der Waals surface area contributed by atoms with Crippen molar-refractivity contribution in [2.24, 2.45) is 0 Å². The molecule has 0 unspecified atom stereocenters. The Kier molecular flexibility index (Phi) is 8.56. The van der Waals surface area contributed by atoms with Gasteiger partial charge in [-0.05, 0) is 88.4 Å². The molecule has 0 aromatic heterocycles. The summed E-state index contributed by atoms with van der Waals surface area (Å²) in [5, 5.41) is 2.83.